The number of alkyl halides is 5. The maximum atomic E-state index is 13.0. The number of aromatic hydroxyl groups is 1. The van der Waals surface area contributed by atoms with Crippen LogP contribution >= 0.6 is 0 Å². The van der Waals surface area contributed by atoms with Gasteiger partial charge < -0.3 is 14.9 Å². The van der Waals surface area contributed by atoms with Crippen LogP contribution in [-0.4, -0.2) is 54.9 Å². The van der Waals surface area contributed by atoms with Crippen molar-refractivity contribution < 1.29 is 45.3 Å². The van der Waals surface area contributed by atoms with Crippen molar-refractivity contribution in [2.75, 3.05) is 18.1 Å². The van der Waals surface area contributed by atoms with Crippen molar-refractivity contribution in [2.45, 2.75) is 101 Å². The number of ether oxygens (including phenoxy) is 1. The molecular weight excluding hydrogens is 615 g/mol. The summed E-state index contributed by atoms with van der Waals surface area (Å²) in [6, 6.07) is 13.8. The molecule has 2 saturated carbocycles. The van der Waals surface area contributed by atoms with Crippen LogP contribution in [0.25, 0.3) is 0 Å². The molecule has 0 aliphatic heterocycles. The van der Waals surface area contributed by atoms with Crippen molar-refractivity contribution in [3.05, 3.63) is 59.2 Å². The number of phenols is 1. The maximum Gasteiger partial charge on any atom is 0.453 e. The molecule has 5 rings (SSSR count). The minimum absolute atomic E-state index is 0.142. The largest absolute Gasteiger partial charge is 0.508 e. The Morgan fingerprint density at radius 3 is 2.36 bits per heavy atom. The Bertz CT molecular complexity index is 1430. The number of fused-ring (bicyclic) bond motifs is 5. The van der Waals surface area contributed by atoms with E-state index in [1.54, 1.807) is 6.07 Å². The summed E-state index contributed by atoms with van der Waals surface area (Å²) >= 11 is 0. The molecule has 0 saturated heterocycles. The summed E-state index contributed by atoms with van der Waals surface area (Å²) in [5.41, 5.74) is 3.56. The van der Waals surface area contributed by atoms with Gasteiger partial charge in [-0.05, 0) is 128 Å². The van der Waals surface area contributed by atoms with Crippen molar-refractivity contribution in [3.63, 3.8) is 0 Å². The molecule has 0 amide bonds. The number of hydrogen-bond donors (Lipinski definition) is 2. The van der Waals surface area contributed by atoms with Gasteiger partial charge in [0.1, 0.15) is 21.3 Å². The first kappa shape index (κ1) is 33.9. The highest BCUT2D eigenvalue weighted by molar-refractivity contribution is 7.91. The van der Waals surface area contributed by atoms with Crippen LogP contribution in [0.5, 0.6) is 11.5 Å². The zero-order chi connectivity index (χ0) is 32.6. The van der Waals surface area contributed by atoms with Crippen molar-refractivity contribution in [3.8, 4) is 11.5 Å². The summed E-state index contributed by atoms with van der Waals surface area (Å²) in [5.74, 6) is -3.43. The first-order valence-electron chi connectivity index (χ1n) is 16.0. The van der Waals surface area contributed by atoms with E-state index in [2.05, 4.69) is 25.1 Å². The minimum Gasteiger partial charge on any atom is -0.508 e. The van der Waals surface area contributed by atoms with Crippen molar-refractivity contribution in [1.29, 1.82) is 0 Å². The first-order valence-corrected chi connectivity index (χ1v) is 17.8. The van der Waals surface area contributed by atoms with E-state index < -0.39 is 40.5 Å². The van der Waals surface area contributed by atoms with E-state index in [0.29, 0.717) is 43.0 Å². The number of halogens is 5. The van der Waals surface area contributed by atoms with Crippen LogP contribution in [0.4, 0.5) is 22.0 Å². The molecule has 45 heavy (non-hydrogen) atoms. The second-order valence-corrected chi connectivity index (χ2v) is 15.9. The fourth-order valence-electron chi connectivity index (χ4n) is 8.35. The molecule has 5 nitrogen and oxygen atoms in total. The van der Waals surface area contributed by atoms with E-state index in [-0.39, 0.29) is 35.4 Å². The Hall–Kier alpha value is -2.40. The van der Waals surface area contributed by atoms with Gasteiger partial charge in [0, 0.05) is 6.42 Å². The van der Waals surface area contributed by atoms with Crippen LogP contribution in [0.1, 0.15) is 93.2 Å². The molecule has 250 valence electrons. The van der Waals surface area contributed by atoms with Crippen LogP contribution in [0, 0.1) is 17.3 Å². The summed E-state index contributed by atoms with van der Waals surface area (Å²) in [7, 11) is -3.72. The molecule has 0 unspecified atom stereocenters. The van der Waals surface area contributed by atoms with Crippen LogP contribution in [0.15, 0.2) is 42.5 Å². The number of aliphatic hydroxyl groups is 1. The Morgan fingerprint density at radius 2 is 1.64 bits per heavy atom. The van der Waals surface area contributed by atoms with Gasteiger partial charge in [0.05, 0.1) is 24.2 Å². The zero-order valence-electron chi connectivity index (χ0n) is 25.5. The average molecular weight is 659 g/mol. The van der Waals surface area contributed by atoms with Gasteiger partial charge in [0.25, 0.3) is 0 Å². The number of aryl methyl sites for hydroxylation is 1. The predicted octanol–water partition coefficient (Wildman–Crippen LogP) is 7.94. The van der Waals surface area contributed by atoms with Gasteiger partial charge in [0.2, 0.25) is 0 Å². The Kier molecular flexibility index (Phi) is 9.81. The molecule has 2 fully saturated rings. The SMILES string of the molecule is C[C@]12C[C@@H](c3ccc(OCCCCCS(=O)(=O)CCCC(F)(F)C(F)(F)F)cc3)[C@@H]3c4ccc(O)cc4CC[C@H]3[C@@H]1CC[C@@H]2O. The number of sulfone groups is 1. The summed E-state index contributed by atoms with van der Waals surface area (Å²) in [6.45, 7) is 2.61. The van der Waals surface area contributed by atoms with E-state index in [1.165, 1.54) is 16.7 Å². The molecule has 3 aliphatic carbocycles. The third-order valence-corrected chi connectivity index (χ3v) is 12.5. The molecule has 0 radical (unpaired) electrons. The number of phenolic OH excluding ortho intramolecular Hbond substituents is 1. The predicted molar refractivity (Wildman–Crippen MR) is 162 cm³/mol. The lowest BCUT2D eigenvalue weighted by atomic mass is 9.51. The lowest BCUT2D eigenvalue weighted by molar-refractivity contribution is -0.284. The molecule has 2 aromatic rings. The van der Waals surface area contributed by atoms with Gasteiger partial charge in [0.15, 0.2) is 0 Å². The second kappa shape index (κ2) is 13.0. The van der Waals surface area contributed by atoms with Crippen molar-refractivity contribution >= 4 is 9.84 Å². The highest BCUT2D eigenvalue weighted by atomic mass is 32.2. The van der Waals surface area contributed by atoms with Crippen LogP contribution in [0.2, 0.25) is 0 Å². The van der Waals surface area contributed by atoms with E-state index >= 15 is 0 Å². The highest BCUT2D eigenvalue weighted by Crippen LogP contribution is 2.65. The van der Waals surface area contributed by atoms with E-state index in [0.717, 1.165) is 32.1 Å². The van der Waals surface area contributed by atoms with E-state index in [4.69, 9.17) is 4.74 Å². The summed E-state index contributed by atoms with van der Waals surface area (Å²) in [6.07, 6.45) is -2.19. The fourth-order valence-corrected chi connectivity index (χ4v) is 9.79. The molecule has 2 N–H and O–H groups in total. The third kappa shape index (κ3) is 7.29. The van der Waals surface area contributed by atoms with Crippen LogP contribution in [-0.2, 0) is 16.3 Å². The number of unbranched alkanes of at least 4 members (excludes halogenated alkanes) is 2. The van der Waals surface area contributed by atoms with Crippen LogP contribution in [0.3, 0.4) is 0 Å². The Balaban J connectivity index is 1.14. The van der Waals surface area contributed by atoms with Gasteiger partial charge in [-0.1, -0.05) is 25.1 Å². The molecule has 2 aromatic carbocycles. The van der Waals surface area contributed by atoms with E-state index in [9.17, 15) is 40.6 Å². The lowest BCUT2D eigenvalue weighted by Gasteiger charge is -2.54. The minimum atomic E-state index is -5.68. The van der Waals surface area contributed by atoms with Crippen molar-refractivity contribution in [2.24, 2.45) is 17.3 Å². The monoisotopic (exact) mass is 658 g/mol. The van der Waals surface area contributed by atoms with Gasteiger partial charge in [-0.3, -0.25) is 0 Å². The lowest BCUT2D eigenvalue weighted by Crippen LogP contribution is -2.47. The smallest absolute Gasteiger partial charge is 0.453 e. The first-order chi connectivity index (χ1) is 21.1. The number of rotatable bonds is 12. The summed E-state index contributed by atoms with van der Waals surface area (Å²) in [5, 5.41) is 21.2. The normalized spacial score (nSPS) is 28.3. The highest BCUT2D eigenvalue weighted by Gasteiger charge is 2.58. The topological polar surface area (TPSA) is 83.8 Å². The summed E-state index contributed by atoms with van der Waals surface area (Å²) in [4.78, 5) is 0. The molecular formula is C34H43F5O5S. The molecule has 0 spiro atoms. The standard InChI is InChI=1S/C34H43F5O5S/c1-32-21-28(31-26-13-9-24(40)20-23(26)8-12-27(31)29(32)14-15-30(32)41)22-6-10-25(11-7-22)44-17-3-2-4-18-45(42,43)19-5-16-33(35,36)34(37,38)39/h6-7,9-11,13,20,27-31,40-41H,2-5,8,12,14-19,21H2,1H3/t27-,28-,29-,30-,31+,32-/m0/s1. The number of hydrogen-bond acceptors (Lipinski definition) is 5. The van der Waals surface area contributed by atoms with Gasteiger partial charge in [-0.15, -0.1) is 0 Å². The van der Waals surface area contributed by atoms with Gasteiger partial charge in [-0.2, -0.15) is 22.0 Å². The third-order valence-electron chi connectivity index (χ3n) is 10.7. The number of aliphatic hydroxyl groups excluding tert-OH is 1. The van der Waals surface area contributed by atoms with Gasteiger partial charge >= 0.3 is 12.1 Å². The quantitative estimate of drug-likeness (QED) is 0.179. The van der Waals surface area contributed by atoms with Gasteiger partial charge in [-0.25, -0.2) is 8.42 Å². The summed E-state index contributed by atoms with van der Waals surface area (Å²) < 4.78 is 92.8. The fraction of sp³-hybridized carbons (Fsp3) is 0.647. The Labute approximate surface area is 262 Å². The molecule has 11 heteroatoms. The molecule has 6 atom stereocenters. The molecule has 0 bridgehead atoms. The van der Waals surface area contributed by atoms with Crippen molar-refractivity contribution in [1.82, 2.24) is 0 Å². The molecule has 0 aromatic heterocycles. The van der Waals surface area contributed by atoms with E-state index in [1.807, 2.05) is 18.2 Å². The second-order valence-electron chi connectivity index (χ2n) is 13.6. The number of benzene rings is 2. The van der Waals surface area contributed by atoms with Crippen LogP contribution < -0.4 is 4.74 Å². The molecule has 0 heterocycles. The average Bonchev–Trinajstić information content (AvgIpc) is 3.27. The maximum absolute atomic E-state index is 13.0. The zero-order valence-corrected chi connectivity index (χ0v) is 26.4. The Morgan fingerprint density at radius 1 is 0.933 bits per heavy atom. The molecule has 3 aliphatic rings.